The summed E-state index contributed by atoms with van der Waals surface area (Å²) in [5.74, 6) is -0.307. The van der Waals surface area contributed by atoms with Gasteiger partial charge in [0.1, 0.15) is 6.61 Å². The first-order valence-corrected chi connectivity index (χ1v) is 16.2. The molecule has 8 heteroatoms. The normalized spacial score (nSPS) is 38.2. The Morgan fingerprint density at radius 1 is 1.18 bits per heavy atom. The lowest BCUT2D eigenvalue weighted by Gasteiger charge is -2.59. The van der Waals surface area contributed by atoms with Crippen LogP contribution in [0.3, 0.4) is 0 Å². The van der Waals surface area contributed by atoms with Crippen LogP contribution in [0.2, 0.25) is 0 Å². The highest BCUT2D eigenvalue weighted by Crippen LogP contribution is 2.70. The van der Waals surface area contributed by atoms with Crippen LogP contribution in [0.25, 0.3) is 0 Å². The average molecular weight is 613 g/mol. The number of nitrogen functional groups attached to an aromatic ring is 1. The number of allylic oxidation sites excluding steroid dienone is 4. The summed E-state index contributed by atoms with van der Waals surface area (Å²) in [5, 5.41) is 25.8. The summed E-state index contributed by atoms with van der Waals surface area (Å²) in [6.07, 6.45) is 5.85. The molecule has 1 saturated heterocycles. The molecule has 7 rings (SSSR count). The molecular formula is C37H44N2O6. The Labute approximate surface area is 264 Å². The third-order valence-electron chi connectivity index (χ3n) is 12.2. The van der Waals surface area contributed by atoms with Gasteiger partial charge in [-0.25, -0.2) is 0 Å². The van der Waals surface area contributed by atoms with Gasteiger partial charge in [-0.05, 0) is 98.4 Å². The van der Waals surface area contributed by atoms with Crippen LogP contribution in [-0.2, 0) is 25.6 Å². The number of carbonyl (C=O) groups excluding carboxylic acids is 2. The van der Waals surface area contributed by atoms with E-state index < -0.39 is 41.5 Å². The fourth-order valence-electron chi connectivity index (χ4n) is 10.1. The van der Waals surface area contributed by atoms with Gasteiger partial charge in [-0.1, -0.05) is 43.7 Å². The Bertz CT molecular complexity index is 1630. The summed E-state index contributed by atoms with van der Waals surface area (Å²) in [6, 6.07) is 11.8. The molecule has 5 aliphatic rings. The lowest BCUT2D eigenvalue weighted by molar-refractivity contribution is -0.201. The number of carbonyl (C=O) groups is 2. The van der Waals surface area contributed by atoms with Crippen molar-refractivity contribution in [2.24, 2.45) is 28.6 Å². The van der Waals surface area contributed by atoms with Crippen molar-refractivity contribution in [2.45, 2.75) is 84.0 Å². The molecule has 2 aromatic carbocycles. The molecule has 0 bridgehead atoms. The Balaban J connectivity index is 1.21. The molecule has 0 radical (unpaired) electrons. The van der Waals surface area contributed by atoms with E-state index in [1.54, 1.807) is 12.2 Å². The van der Waals surface area contributed by atoms with E-state index in [9.17, 15) is 19.8 Å². The van der Waals surface area contributed by atoms with Crippen molar-refractivity contribution < 1.29 is 29.3 Å². The first-order valence-electron chi connectivity index (χ1n) is 16.2. The van der Waals surface area contributed by atoms with Crippen molar-refractivity contribution >= 4 is 22.9 Å². The number of Topliss-reactive ketones (excluding diaryl/α,β-unsaturated/α-hetero) is 1. The van der Waals surface area contributed by atoms with Crippen LogP contribution in [0.15, 0.2) is 60.2 Å². The van der Waals surface area contributed by atoms with Crippen molar-refractivity contribution in [2.75, 3.05) is 17.7 Å². The molecule has 0 amide bonds. The number of aliphatic hydroxyl groups is 2. The van der Waals surface area contributed by atoms with Crippen LogP contribution in [0.5, 0.6) is 0 Å². The van der Waals surface area contributed by atoms with Gasteiger partial charge in [0.15, 0.2) is 23.5 Å². The van der Waals surface area contributed by atoms with Gasteiger partial charge >= 0.3 is 0 Å². The van der Waals surface area contributed by atoms with Gasteiger partial charge < -0.3 is 30.7 Å². The largest absolute Gasteiger partial charge is 0.399 e. The summed E-state index contributed by atoms with van der Waals surface area (Å²) >= 11 is 0. The number of hydrogen-bond acceptors (Lipinski definition) is 8. The maximum atomic E-state index is 14.0. The lowest BCUT2D eigenvalue weighted by Crippen LogP contribution is -2.63. The van der Waals surface area contributed by atoms with Crippen molar-refractivity contribution in [3.8, 4) is 0 Å². The smallest absolute Gasteiger partial charge is 0.193 e. The van der Waals surface area contributed by atoms with E-state index in [0.29, 0.717) is 25.1 Å². The quantitative estimate of drug-likeness (QED) is 0.332. The molecule has 0 spiro atoms. The van der Waals surface area contributed by atoms with E-state index in [4.69, 9.17) is 15.2 Å². The van der Waals surface area contributed by atoms with E-state index in [2.05, 4.69) is 19.2 Å². The summed E-state index contributed by atoms with van der Waals surface area (Å²) in [4.78, 5) is 26.2. The standard InChI is InChI=1S/C37H44N2O6/c1-20-8-11-28(39-18-22-6-5-7-24(38)14-22)21(2)32(20)34-44-31-16-27-26-10-9-23-15-25(41)12-13-35(23,3)33(26)29(42)17-36(27,4)37(31,45-34)30(43)19-40/h5-8,11-15,26-27,29,31,33-34,39-40,42H,9-10,16-19,38H2,1-4H3/t26-,27-,29-,31+,33+,34+,35-,36-,37+/m0/s1. The SMILES string of the molecule is Cc1ccc(NCc2cccc(N)c2)c(C)c1[C@@H]1O[C@@H]2C[C@H]3[C@@H]4CCC5=CC(=O)C=C[C@]5(C)[C@H]4[C@@H](O)C[C@]3(C)[C@]2(C(=O)CO)O1. The predicted molar refractivity (Wildman–Crippen MR) is 171 cm³/mol. The van der Waals surface area contributed by atoms with Crippen molar-refractivity contribution in [1.82, 2.24) is 0 Å². The van der Waals surface area contributed by atoms with Crippen LogP contribution in [-0.4, -0.2) is 46.2 Å². The minimum atomic E-state index is -1.39. The number of aliphatic hydroxyl groups excluding tert-OH is 2. The van der Waals surface area contributed by atoms with Gasteiger partial charge in [0.25, 0.3) is 0 Å². The first-order chi connectivity index (χ1) is 21.4. The highest BCUT2D eigenvalue weighted by Gasteiger charge is 2.76. The molecule has 4 aliphatic carbocycles. The zero-order chi connectivity index (χ0) is 31.9. The number of hydrogen-bond donors (Lipinski definition) is 4. The molecule has 1 aliphatic heterocycles. The molecule has 9 atom stereocenters. The van der Waals surface area contributed by atoms with Crippen molar-refractivity contribution in [1.29, 1.82) is 0 Å². The molecule has 45 heavy (non-hydrogen) atoms. The van der Waals surface area contributed by atoms with E-state index in [1.807, 2.05) is 56.3 Å². The molecule has 4 fully saturated rings. The van der Waals surface area contributed by atoms with E-state index in [0.717, 1.165) is 46.4 Å². The Kier molecular flexibility index (Phi) is 7.17. The maximum Gasteiger partial charge on any atom is 0.193 e. The zero-order valence-corrected chi connectivity index (χ0v) is 26.5. The Morgan fingerprint density at radius 3 is 2.73 bits per heavy atom. The molecule has 5 N–H and O–H groups in total. The first kappa shape index (κ1) is 30.4. The van der Waals surface area contributed by atoms with E-state index in [1.165, 1.54) is 0 Å². The number of nitrogens with one attached hydrogen (secondary N) is 1. The van der Waals surface area contributed by atoms with E-state index >= 15 is 0 Å². The number of fused-ring (bicyclic) bond motifs is 7. The fraction of sp³-hybridized carbons (Fsp3) is 0.514. The Morgan fingerprint density at radius 2 is 1.98 bits per heavy atom. The average Bonchev–Trinajstić information content (AvgIpc) is 3.49. The van der Waals surface area contributed by atoms with Gasteiger partial charge in [0.2, 0.25) is 0 Å². The van der Waals surface area contributed by atoms with Crippen LogP contribution in [0.1, 0.15) is 68.1 Å². The molecule has 8 nitrogen and oxygen atoms in total. The van der Waals surface area contributed by atoms with Gasteiger partial charge in [-0.3, -0.25) is 9.59 Å². The monoisotopic (exact) mass is 612 g/mol. The third kappa shape index (κ3) is 4.33. The Hall–Kier alpha value is -3.30. The highest BCUT2D eigenvalue weighted by atomic mass is 16.7. The maximum absolute atomic E-state index is 14.0. The second-order valence-electron chi connectivity index (χ2n) is 14.4. The van der Waals surface area contributed by atoms with Crippen molar-refractivity contribution in [3.63, 3.8) is 0 Å². The number of rotatable bonds is 6. The molecule has 0 aromatic heterocycles. The van der Waals surface area contributed by atoms with Crippen molar-refractivity contribution in [3.05, 3.63) is 82.5 Å². The summed E-state index contributed by atoms with van der Waals surface area (Å²) in [5.41, 5.74) is 10.1. The van der Waals surface area contributed by atoms with Crippen LogP contribution < -0.4 is 11.1 Å². The number of ketones is 2. The van der Waals surface area contributed by atoms with Crippen LogP contribution >= 0.6 is 0 Å². The molecule has 0 unspecified atom stereocenters. The van der Waals surface area contributed by atoms with Crippen LogP contribution in [0.4, 0.5) is 11.4 Å². The highest BCUT2D eigenvalue weighted by molar-refractivity contribution is 6.01. The number of nitrogens with two attached hydrogens (primary N) is 1. The summed E-state index contributed by atoms with van der Waals surface area (Å²) < 4.78 is 13.7. The van der Waals surface area contributed by atoms with Gasteiger partial charge in [0, 0.05) is 40.2 Å². The molecule has 1 heterocycles. The van der Waals surface area contributed by atoms with Gasteiger partial charge in [-0.15, -0.1) is 0 Å². The number of benzene rings is 2. The van der Waals surface area contributed by atoms with Crippen LogP contribution in [0, 0.1) is 42.4 Å². The third-order valence-corrected chi connectivity index (χ3v) is 12.2. The lowest BCUT2D eigenvalue weighted by atomic mass is 9.46. The van der Waals surface area contributed by atoms with Gasteiger partial charge in [-0.2, -0.15) is 0 Å². The molecular weight excluding hydrogens is 568 g/mol. The topological polar surface area (TPSA) is 131 Å². The molecule has 3 saturated carbocycles. The van der Waals surface area contributed by atoms with E-state index in [-0.39, 0.29) is 29.3 Å². The second-order valence-corrected chi connectivity index (χ2v) is 14.4. The minimum Gasteiger partial charge on any atom is -0.399 e. The zero-order valence-electron chi connectivity index (χ0n) is 26.5. The second kappa shape index (κ2) is 10.6. The predicted octanol–water partition coefficient (Wildman–Crippen LogP) is 5.10. The number of anilines is 2. The summed E-state index contributed by atoms with van der Waals surface area (Å²) in [7, 11) is 0. The summed E-state index contributed by atoms with van der Waals surface area (Å²) in [6.45, 7) is 8.18. The fourth-order valence-corrected chi connectivity index (χ4v) is 10.1. The molecule has 2 aromatic rings. The molecule has 238 valence electrons. The minimum absolute atomic E-state index is 0.00131. The number of ether oxygens (including phenoxy) is 2. The van der Waals surface area contributed by atoms with Gasteiger partial charge in [0.05, 0.1) is 12.2 Å². The number of aryl methyl sites for hydroxylation is 1.